The highest BCUT2D eigenvalue weighted by Crippen LogP contribution is 2.24. The van der Waals surface area contributed by atoms with Gasteiger partial charge in [0.05, 0.1) is 16.8 Å². The second kappa shape index (κ2) is 3.36. The van der Waals surface area contributed by atoms with Crippen LogP contribution in [0, 0.1) is 0 Å². The zero-order chi connectivity index (χ0) is 12.9. The molecule has 0 fully saturated rings. The predicted octanol–water partition coefficient (Wildman–Crippen LogP) is -0.530. The van der Waals surface area contributed by atoms with Gasteiger partial charge in [0.15, 0.2) is 0 Å². The molecule has 1 aromatic carbocycles. The van der Waals surface area contributed by atoms with E-state index in [2.05, 4.69) is 15.5 Å². The van der Waals surface area contributed by atoms with Crippen molar-refractivity contribution in [2.75, 3.05) is 12.8 Å². The van der Waals surface area contributed by atoms with E-state index >= 15 is 0 Å². The van der Waals surface area contributed by atoms with Gasteiger partial charge in [-0.1, -0.05) is 5.10 Å². The summed E-state index contributed by atoms with van der Waals surface area (Å²) in [6.45, 7) is 0. The molecule has 1 aliphatic rings. The van der Waals surface area contributed by atoms with E-state index in [1.54, 1.807) is 18.2 Å². The van der Waals surface area contributed by atoms with Gasteiger partial charge in [0.25, 0.3) is 11.8 Å². The first-order valence-electron chi connectivity index (χ1n) is 5.10. The van der Waals surface area contributed by atoms with E-state index in [-0.39, 0.29) is 17.8 Å². The molecule has 0 saturated carbocycles. The first-order chi connectivity index (χ1) is 8.59. The van der Waals surface area contributed by atoms with Crippen molar-refractivity contribution in [2.24, 2.45) is 0 Å². The van der Waals surface area contributed by atoms with E-state index in [1.165, 1.54) is 11.7 Å². The molecule has 2 N–H and O–H groups in total. The molecule has 0 saturated heterocycles. The Morgan fingerprint density at radius 2 is 1.89 bits per heavy atom. The third kappa shape index (κ3) is 1.22. The van der Waals surface area contributed by atoms with Gasteiger partial charge in [-0.25, -0.2) is 0 Å². The molecule has 0 bridgehead atoms. The Kier molecular flexibility index (Phi) is 1.94. The van der Waals surface area contributed by atoms with Crippen LogP contribution in [0.1, 0.15) is 20.7 Å². The van der Waals surface area contributed by atoms with Crippen LogP contribution >= 0.6 is 0 Å². The summed E-state index contributed by atoms with van der Waals surface area (Å²) < 4.78 is 1.29. The van der Waals surface area contributed by atoms with Gasteiger partial charge in [0, 0.05) is 7.05 Å². The molecule has 3 rings (SSSR count). The Morgan fingerprint density at radius 3 is 2.56 bits per heavy atom. The molecule has 2 amide bonds. The predicted molar refractivity (Wildman–Crippen MR) is 60.0 cm³/mol. The standard InChI is InChI=1S/C10H8N6O2/c1-15-8(17)6-3-2-5(4-7(6)9(15)18)16-10(11)12-13-14-16/h2-4H,1H3,(H2,11,12,14). The second-order valence-corrected chi connectivity index (χ2v) is 3.85. The highest BCUT2D eigenvalue weighted by molar-refractivity contribution is 6.21. The fourth-order valence-corrected chi connectivity index (χ4v) is 1.86. The maximum atomic E-state index is 11.8. The number of hydrogen-bond donors (Lipinski definition) is 1. The number of imide groups is 1. The molecule has 0 atom stereocenters. The number of hydrogen-bond acceptors (Lipinski definition) is 6. The number of aromatic nitrogens is 4. The number of fused-ring (bicyclic) bond motifs is 1. The highest BCUT2D eigenvalue weighted by Gasteiger charge is 2.32. The first kappa shape index (κ1) is 10.4. The quantitative estimate of drug-likeness (QED) is 0.676. The molecule has 90 valence electrons. The SMILES string of the molecule is CN1C(=O)c2ccc(-n3nnnc3N)cc2C1=O. The Bertz CT molecular complexity index is 677. The molecule has 0 spiro atoms. The second-order valence-electron chi connectivity index (χ2n) is 3.85. The minimum atomic E-state index is -0.344. The summed E-state index contributed by atoms with van der Waals surface area (Å²) in [6.07, 6.45) is 0. The lowest BCUT2D eigenvalue weighted by Gasteiger charge is -2.03. The summed E-state index contributed by atoms with van der Waals surface area (Å²) in [6, 6.07) is 4.75. The minimum absolute atomic E-state index is 0.111. The van der Waals surface area contributed by atoms with Crippen LogP contribution in [0.2, 0.25) is 0 Å². The number of nitrogens with two attached hydrogens (primary N) is 1. The number of tetrazole rings is 1. The van der Waals surface area contributed by atoms with Gasteiger partial charge in [0.2, 0.25) is 5.95 Å². The Hall–Kier alpha value is -2.77. The average molecular weight is 244 g/mol. The van der Waals surface area contributed by atoms with Crippen molar-refractivity contribution in [1.29, 1.82) is 0 Å². The van der Waals surface area contributed by atoms with E-state index in [0.717, 1.165) is 4.90 Å². The Morgan fingerprint density at radius 1 is 1.17 bits per heavy atom. The van der Waals surface area contributed by atoms with Crippen LogP contribution in [0.25, 0.3) is 5.69 Å². The maximum Gasteiger partial charge on any atom is 0.261 e. The van der Waals surface area contributed by atoms with Gasteiger partial charge in [-0.15, -0.1) is 0 Å². The summed E-state index contributed by atoms with van der Waals surface area (Å²) in [5.74, 6) is -0.546. The number of nitrogens with zero attached hydrogens (tertiary/aromatic N) is 5. The summed E-state index contributed by atoms with van der Waals surface area (Å²) in [5.41, 5.74) is 6.81. The van der Waals surface area contributed by atoms with Crippen molar-refractivity contribution >= 4 is 17.8 Å². The van der Waals surface area contributed by atoms with Gasteiger partial charge in [-0.2, -0.15) is 4.68 Å². The molecule has 2 aromatic rings. The minimum Gasteiger partial charge on any atom is -0.366 e. The number of rotatable bonds is 1. The zero-order valence-electron chi connectivity index (χ0n) is 9.36. The summed E-state index contributed by atoms with van der Waals surface area (Å²) in [5, 5.41) is 10.7. The number of benzene rings is 1. The highest BCUT2D eigenvalue weighted by atomic mass is 16.2. The van der Waals surface area contributed by atoms with Crippen molar-refractivity contribution in [3.63, 3.8) is 0 Å². The van der Waals surface area contributed by atoms with Crippen LogP contribution < -0.4 is 5.73 Å². The van der Waals surface area contributed by atoms with E-state index in [1.807, 2.05) is 0 Å². The van der Waals surface area contributed by atoms with Crippen LogP contribution in [0.3, 0.4) is 0 Å². The number of anilines is 1. The number of amides is 2. The van der Waals surface area contributed by atoms with E-state index < -0.39 is 0 Å². The van der Waals surface area contributed by atoms with Crippen molar-refractivity contribution in [2.45, 2.75) is 0 Å². The molecule has 2 heterocycles. The molecular weight excluding hydrogens is 236 g/mol. The van der Waals surface area contributed by atoms with Gasteiger partial charge in [-0.05, 0) is 28.6 Å². The molecule has 1 aromatic heterocycles. The van der Waals surface area contributed by atoms with Gasteiger partial charge < -0.3 is 5.73 Å². The van der Waals surface area contributed by atoms with Crippen molar-refractivity contribution < 1.29 is 9.59 Å². The third-order valence-corrected chi connectivity index (χ3v) is 2.81. The molecule has 0 radical (unpaired) electrons. The molecule has 8 heteroatoms. The summed E-state index contributed by atoms with van der Waals surface area (Å²) >= 11 is 0. The fraction of sp³-hybridized carbons (Fsp3) is 0.100. The molecule has 0 unspecified atom stereocenters. The molecule has 0 aliphatic carbocycles. The van der Waals surface area contributed by atoms with Crippen molar-refractivity contribution in [1.82, 2.24) is 25.1 Å². The van der Waals surface area contributed by atoms with Crippen LogP contribution in [-0.2, 0) is 0 Å². The van der Waals surface area contributed by atoms with Gasteiger partial charge >= 0.3 is 0 Å². The largest absolute Gasteiger partial charge is 0.366 e. The third-order valence-electron chi connectivity index (χ3n) is 2.81. The normalized spacial score (nSPS) is 14.2. The molecule has 1 aliphatic heterocycles. The van der Waals surface area contributed by atoms with E-state index in [9.17, 15) is 9.59 Å². The zero-order valence-corrected chi connectivity index (χ0v) is 9.36. The first-order valence-corrected chi connectivity index (χ1v) is 5.10. The molecule has 18 heavy (non-hydrogen) atoms. The molecular formula is C10H8N6O2. The smallest absolute Gasteiger partial charge is 0.261 e. The van der Waals surface area contributed by atoms with Crippen molar-refractivity contribution in [3.05, 3.63) is 29.3 Å². The van der Waals surface area contributed by atoms with E-state index in [4.69, 9.17) is 5.73 Å². The number of carbonyl (C=O) groups is 2. The topological polar surface area (TPSA) is 107 Å². The lowest BCUT2D eigenvalue weighted by atomic mass is 10.1. The maximum absolute atomic E-state index is 11.8. The van der Waals surface area contributed by atoms with Crippen LogP contribution in [0.15, 0.2) is 18.2 Å². The lowest BCUT2D eigenvalue weighted by Crippen LogP contribution is -2.24. The number of nitrogen functional groups attached to an aromatic ring is 1. The monoisotopic (exact) mass is 244 g/mol. The van der Waals surface area contributed by atoms with Crippen molar-refractivity contribution in [3.8, 4) is 5.69 Å². The van der Waals surface area contributed by atoms with Gasteiger partial charge in [0.1, 0.15) is 0 Å². The fourth-order valence-electron chi connectivity index (χ4n) is 1.86. The molecule has 8 nitrogen and oxygen atoms in total. The Balaban J connectivity index is 2.17. The number of carbonyl (C=O) groups excluding carboxylic acids is 2. The summed E-state index contributed by atoms with van der Waals surface area (Å²) in [4.78, 5) is 24.6. The van der Waals surface area contributed by atoms with E-state index in [0.29, 0.717) is 16.8 Å². The summed E-state index contributed by atoms with van der Waals surface area (Å²) in [7, 11) is 1.44. The lowest BCUT2D eigenvalue weighted by molar-refractivity contribution is 0.0693. The average Bonchev–Trinajstić information content (AvgIpc) is 2.89. The van der Waals surface area contributed by atoms with Crippen LogP contribution in [0.4, 0.5) is 5.95 Å². The van der Waals surface area contributed by atoms with Crippen LogP contribution in [0.5, 0.6) is 0 Å². The Labute approximate surface area is 101 Å². The van der Waals surface area contributed by atoms with Gasteiger partial charge in [-0.3, -0.25) is 14.5 Å². The van der Waals surface area contributed by atoms with Crippen LogP contribution in [-0.4, -0.2) is 44.0 Å².